The minimum Gasteiger partial charge on any atom is -0.322 e. The molecule has 0 radical (unpaired) electrons. The second kappa shape index (κ2) is 8.75. The van der Waals surface area contributed by atoms with Crippen molar-refractivity contribution in [3.8, 4) is 5.69 Å². The second-order valence-corrected chi connectivity index (χ2v) is 8.91. The number of hydrogen-bond acceptors (Lipinski definition) is 3. The van der Waals surface area contributed by atoms with Crippen LogP contribution in [-0.4, -0.2) is 16.3 Å². The van der Waals surface area contributed by atoms with E-state index in [0.717, 1.165) is 11.1 Å². The Morgan fingerprint density at radius 2 is 1.75 bits per heavy atom. The van der Waals surface area contributed by atoms with Gasteiger partial charge in [-0.25, -0.2) is 0 Å². The highest BCUT2D eigenvalue weighted by Gasteiger charge is 2.26. The first-order chi connectivity index (χ1) is 15.3. The Kier molecular flexibility index (Phi) is 6.02. The van der Waals surface area contributed by atoms with Crippen LogP contribution in [0.1, 0.15) is 70.1 Å². The van der Waals surface area contributed by atoms with Crippen LogP contribution in [0.2, 0.25) is 5.02 Å². The zero-order chi connectivity index (χ0) is 23.0. The number of Topliss-reactive ketones (excluding diaryl/α,β-unsaturated/α-hetero) is 1. The maximum atomic E-state index is 13.5. The van der Waals surface area contributed by atoms with Gasteiger partial charge < -0.3 is 5.32 Å². The number of rotatable bonds is 4. The number of hydrogen-bond donors (Lipinski definition) is 1. The molecule has 164 valence electrons. The number of pyridine rings is 1. The zero-order valence-electron chi connectivity index (χ0n) is 18.4. The zero-order valence-corrected chi connectivity index (χ0v) is 19.1. The largest absolute Gasteiger partial charge is 0.322 e. The van der Waals surface area contributed by atoms with Gasteiger partial charge in [0.25, 0.3) is 11.5 Å². The summed E-state index contributed by atoms with van der Waals surface area (Å²) in [6, 6.07) is 14.3. The number of carbonyl (C=O) groups is 2. The summed E-state index contributed by atoms with van der Waals surface area (Å²) in [7, 11) is 0. The van der Waals surface area contributed by atoms with Gasteiger partial charge in [-0.1, -0.05) is 43.6 Å². The molecule has 0 saturated carbocycles. The molecule has 3 aromatic rings. The number of nitrogens with one attached hydrogen (secondary N) is 1. The molecule has 0 atom stereocenters. The summed E-state index contributed by atoms with van der Waals surface area (Å²) in [5, 5.41) is 3.26. The summed E-state index contributed by atoms with van der Waals surface area (Å²) in [4.78, 5) is 39.2. The lowest BCUT2D eigenvalue weighted by Crippen LogP contribution is -2.33. The van der Waals surface area contributed by atoms with Crippen LogP contribution in [-0.2, 0) is 6.42 Å². The number of anilines is 1. The molecule has 0 spiro atoms. The fraction of sp³-hybridized carbons (Fsp3) is 0.269. The van der Waals surface area contributed by atoms with Crippen molar-refractivity contribution in [1.82, 2.24) is 4.57 Å². The summed E-state index contributed by atoms with van der Waals surface area (Å²) < 4.78 is 1.52. The second-order valence-electron chi connectivity index (χ2n) is 8.50. The smallest absolute Gasteiger partial charge is 0.268 e. The van der Waals surface area contributed by atoms with Crippen LogP contribution in [0.25, 0.3) is 5.69 Å². The standard InChI is InChI=1S/C26H25ClN2O3/c1-15(2)17-8-11-19(12-9-17)29-23-5-4-6-24(30)20(23)14-21(26(29)32)25(31)28-18-10-7-16(3)22(27)13-18/h7-15H,4-6H2,1-3H3,(H,28,31). The van der Waals surface area contributed by atoms with Crippen LogP contribution in [0.3, 0.4) is 0 Å². The van der Waals surface area contributed by atoms with Crippen molar-refractivity contribution in [3.05, 3.63) is 91.9 Å². The number of fused-ring (bicyclic) bond motifs is 1. The van der Waals surface area contributed by atoms with E-state index in [9.17, 15) is 14.4 Å². The van der Waals surface area contributed by atoms with Gasteiger partial charge in [0.05, 0.1) is 0 Å². The third-order valence-electron chi connectivity index (χ3n) is 5.91. The van der Waals surface area contributed by atoms with E-state index in [1.807, 2.05) is 31.2 Å². The molecular weight excluding hydrogens is 424 g/mol. The molecular formula is C26H25ClN2O3. The van der Waals surface area contributed by atoms with Crippen LogP contribution >= 0.6 is 11.6 Å². The number of carbonyl (C=O) groups excluding carboxylic acids is 2. The third kappa shape index (κ3) is 4.13. The number of halogens is 1. The fourth-order valence-corrected chi connectivity index (χ4v) is 4.19. The molecule has 0 aliphatic heterocycles. The van der Waals surface area contributed by atoms with Gasteiger partial charge >= 0.3 is 0 Å². The monoisotopic (exact) mass is 448 g/mol. The molecule has 1 amide bonds. The van der Waals surface area contributed by atoms with Gasteiger partial charge in [-0.05, 0) is 67.1 Å². The van der Waals surface area contributed by atoms with E-state index in [-0.39, 0.29) is 11.3 Å². The van der Waals surface area contributed by atoms with Gasteiger partial charge in [-0.2, -0.15) is 0 Å². The van der Waals surface area contributed by atoms with Crippen molar-refractivity contribution < 1.29 is 9.59 Å². The van der Waals surface area contributed by atoms with Crippen LogP contribution in [0.15, 0.2) is 53.3 Å². The number of benzene rings is 2. The summed E-state index contributed by atoms with van der Waals surface area (Å²) in [6.07, 6.45) is 1.70. The van der Waals surface area contributed by atoms with Crippen molar-refractivity contribution in [2.45, 2.75) is 46.0 Å². The first-order valence-corrected chi connectivity index (χ1v) is 11.1. The molecule has 4 rings (SSSR count). The molecule has 1 heterocycles. The number of aromatic nitrogens is 1. The van der Waals surface area contributed by atoms with E-state index in [1.54, 1.807) is 18.2 Å². The van der Waals surface area contributed by atoms with Gasteiger partial charge in [-0.3, -0.25) is 19.0 Å². The Labute approximate surface area is 192 Å². The fourth-order valence-electron chi connectivity index (χ4n) is 4.00. The van der Waals surface area contributed by atoms with Crippen molar-refractivity contribution in [3.63, 3.8) is 0 Å². The van der Waals surface area contributed by atoms with E-state index in [2.05, 4.69) is 19.2 Å². The van der Waals surface area contributed by atoms with Crippen LogP contribution < -0.4 is 10.9 Å². The normalized spacial score (nSPS) is 13.2. The summed E-state index contributed by atoms with van der Waals surface area (Å²) in [5.74, 6) is -0.260. The lowest BCUT2D eigenvalue weighted by atomic mass is 9.92. The predicted molar refractivity (Wildman–Crippen MR) is 128 cm³/mol. The van der Waals surface area contributed by atoms with Crippen LogP contribution in [0.4, 0.5) is 5.69 Å². The lowest BCUT2D eigenvalue weighted by molar-refractivity contribution is 0.0971. The van der Waals surface area contributed by atoms with E-state index < -0.39 is 11.5 Å². The first-order valence-electron chi connectivity index (χ1n) is 10.8. The molecule has 1 aliphatic rings. The maximum Gasteiger partial charge on any atom is 0.268 e. The molecule has 0 saturated heterocycles. The quantitative estimate of drug-likeness (QED) is 0.557. The van der Waals surface area contributed by atoms with Crippen molar-refractivity contribution >= 4 is 29.0 Å². The Morgan fingerprint density at radius 3 is 2.41 bits per heavy atom. The van der Waals surface area contributed by atoms with Crippen molar-refractivity contribution in [1.29, 1.82) is 0 Å². The highest BCUT2D eigenvalue weighted by atomic mass is 35.5. The molecule has 1 aliphatic carbocycles. The third-order valence-corrected chi connectivity index (χ3v) is 6.32. The topological polar surface area (TPSA) is 68.2 Å². The van der Waals surface area contributed by atoms with E-state index in [0.29, 0.717) is 52.8 Å². The minimum atomic E-state index is -0.566. The molecule has 6 heteroatoms. The highest BCUT2D eigenvalue weighted by molar-refractivity contribution is 6.31. The van der Waals surface area contributed by atoms with E-state index >= 15 is 0 Å². The SMILES string of the molecule is Cc1ccc(NC(=O)c2cc3c(n(-c4ccc(C(C)C)cc4)c2=O)CCCC3=O)cc1Cl. The summed E-state index contributed by atoms with van der Waals surface area (Å²) >= 11 is 6.17. The molecule has 0 unspecified atom stereocenters. The first kappa shape index (κ1) is 22.0. The number of aryl methyl sites for hydroxylation is 1. The molecule has 2 aromatic carbocycles. The Balaban J connectivity index is 1.83. The number of ketones is 1. The minimum absolute atomic E-state index is 0.0498. The molecule has 0 fully saturated rings. The average molecular weight is 449 g/mol. The van der Waals surface area contributed by atoms with E-state index in [4.69, 9.17) is 11.6 Å². The Bertz CT molecular complexity index is 1270. The average Bonchev–Trinajstić information content (AvgIpc) is 2.76. The Morgan fingerprint density at radius 1 is 1.03 bits per heavy atom. The lowest BCUT2D eigenvalue weighted by Gasteiger charge is -2.22. The van der Waals surface area contributed by atoms with Crippen LogP contribution in [0.5, 0.6) is 0 Å². The predicted octanol–water partition coefficient (Wildman–Crippen LogP) is 5.69. The molecule has 1 N–H and O–H groups in total. The van der Waals surface area contributed by atoms with Gasteiger partial charge in [0, 0.05) is 34.1 Å². The van der Waals surface area contributed by atoms with Crippen molar-refractivity contribution in [2.75, 3.05) is 5.32 Å². The number of nitrogens with zero attached hydrogens (tertiary/aromatic N) is 1. The van der Waals surface area contributed by atoms with Gasteiger partial charge in [0.15, 0.2) is 5.78 Å². The highest BCUT2D eigenvalue weighted by Crippen LogP contribution is 2.25. The molecule has 32 heavy (non-hydrogen) atoms. The van der Waals surface area contributed by atoms with Gasteiger partial charge in [0.1, 0.15) is 5.56 Å². The maximum absolute atomic E-state index is 13.5. The molecule has 0 bridgehead atoms. The molecule has 5 nitrogen and oxygen atoms in total. The number of amides is 1. The van der Waals surface area contributed by atoms with Crippen molar-refractivity contribution in [2.24, 2.45) is 0 Å². The molecule has 1 aromatic heterocycles. The van der Waals surface area contributed by atoms with E-state index in [1.165, 1.54) is 10.6 Å². The van der Waals surface area contributed by atoms with Gasteiger partial charge in [0.2, 0.25) is 0 Å². The summed E-state index contributed by atoms with van der Waals surface area (Å²) in [6.45, 7) is 6.07. The van der Waals surface area contributed by atoms with Gasteiger partial charge in [-0.15, -0.1) is 0 Å². The Hall–Kier alpha value is -3.18. The van der Waals surface area contributed by atoms with Crippen LogP contribution in [0, 0.1) is 6.92 Å². The summed E-state index contributed by atoms with van der Waals surface area (Å²) in [5.41, 5.74) is 3.78.